The summed E-state index contributed by atoms with van der Waals surface area (Å²) in [6, 6.07) is 6.78. The van der Waals surface area contributed by atoms with Gasteiger partial charge < -0.3 is 19.8 Å². The minimum absolute atomic E-state index is 0.108. The van der Waals surface area contributed by atoms with Crippen molar-refractivity contribution in [1.29, 1.82) is 0 Å². The molecule has 1 fully saturated rings. The van der Waals surface area contributed by atoms with Crippen molar-refractivity contribution in [2.75, 3.05) is 27.6 Å². The van der Waals surface area contributed by atoms with E-state index in [4.69, 9.17) is 13.0 Å². The first kappa shape index (κ1) is 9.03. The van der Waals surface area contributed by atoms with E-state index in [9.17, 15) is 10.2 Å². The Morgan fingerprint density at radius 3 is 3.00 bits per heavy atom. The molecule has 4 nitrogen and oxygen atoms in total. The summed E-state index contributed by atoms with van der Waals surface area (Å²) in [5.74, 6) is -0.233. The van der Waals surface area contributed by atoms with E-state index in [1.54, 1.807) is 24.3 Å². The van der Waals surface area contributed by atoms with Gasteiger partial charge in [-0.25, -0.2) is 0 Å². The van der Waals surface area contributed by atoms with Gasteiger partial charge in [0.25, 0.3) is 0 Å². The van der Waals surface area contributed by atoms with Crippen LogP contribution in [-0.2, 0) is 5.60 Å². The fraction of sp³-hybridized carbons (Fsp3) is 0.625. The largest absolute Gasteiger partial charge is 0.497 e. The summed E-state index contributed by atoms with van der Waals surface area (Å²) in [4.78, 5) is 0.438. The topological polar surface area (TPSA) is 52.9 Å². The average molecular weight is 285 g/mol. The number of benzene rings is 1. The van der Waals surface area contributed by atoms with Crippen LogP contribution in [0.3, 0.4) is 0 Å². The number of aliphatic hydroxyl groups excluding tert-OH is 1. The number of rotatable bonds is 4. The molecule has 1 aromatic carbocycles. The summed E-state index contributed by atoms with van der Waals surface area (Å²) in [5.41, 5.74) is -0.938. The van der Waals surface area contributed by atoms with Crippen molar-refractivity contribution >= 4 is 0 Å². The molecule has 0 unspecified atom stereocenters. The van der Waals surface area contributed by atoms with Crippen molar-refractivity contribution in [3.05, 3.63) is 29.8 Å². The van der Waals surface area contributed by atoms with Gasteiger partial charge in [0.15, 0.2) is 0 Å². The van der Waals surface area contributed by atoms with E-state index < -0.39 is 38.1 Å². The molecular weight excluding hydrogens is 254 g/mol. The molecule has 0 saturated heterocycles. The molecule has 1 aliphatic rings. The fourth-order valence-electron chi connectivity index (χ4n) is 2.95. The highest BCUT2D eigenvalue weighted by Gasteiger charge is 2.43. The Morgan fingerprint density at radius 1 is 1.50 bits per heavy atom. The first-order valence-electron chi connectivity index (χ1n) is 9.70. The average Bonchev–Trinajstić information content (AvgIpc) is 2.53. The van der Waals surface area contributed by atoms with Crippen LogP contribution in [0.4, 0.5) is 0 Å². The van der Waals surface area contributed by atoms with Crippen LogP contribution < -0.4 is 4.74 Å². The second-order valence-electron chi connectivity index (χ2n) is 5.39. The molecule has 0 heterocycles. The third-order valence-electron chi connectivity index (χ3n) is 4.06. The zero-order valence-electron chi connectivity index (χ0n) is 17.5. The summed E-state index contributed by atoms with van der Waals surface area (Å²) >= 11 is 0. The van der Waals surface area contributed by atoms with E-state index in [1.807, 2.05) is 0 Å². The Bertz CT molecular complexity index is 607. The maximum Gasteiger partial charge on any atom is 0.119 e. The fourth-order valence-corrected chi connectivity index (χ4v) is 2.95. The smallest absolute Gasteiger partial charge is 0.119 e. The highest BCUT2D eigenvalue weighted by atomic mass is 16.5. The maximum absolute atomic E-state index is 11.4. The molecule has 2 N–H and O–H groups in total. The van der Waals surface area contributed by atoms with Crippen molar-refractivity contribution < 1.29 is 23.2 Å². The Balaban J connectivity index is 2.40. The molecule has 2 rings (SSSR count). The van der Waals surface area contributed by atoms with Crippen LogP contribution in [0.2, 0.25) is 0 Å². The Kier molecular flexibility index (Phi) is 2.76. The first-order valence-corrected chi connectivity index (χ1v) is 6.70. The number of ether oxygens (including phenoxy) is 1. The van der Waals surface area contributed by atoms with Gasteiger partial charge in [-0.15, -0.1) is 0 Å². The molecule has 0 amide bonds. The highest BCUT2D eigenvalue weighted by Crippen LogP contribution is 2.42. The van der Waals surface area contributed by atoms with Crippen LogP contribution in [0.25, 0.3) is 0 Å². The molecular formula is C16H25NO3. The van der Waals surface area contributed by atoms with E-state index in [1.165, 1.54) is 7.11 Å². The monoisotopic (exact) mass is 285 g/mol. The molecule has 0 spiro atoms. The summed E-state index contributed by atoms with van der Waals surface area (Å²) in [7, 11) is 1.50. The Morgan fingerprint density at radius 2 is 2.30 bits per heavy atom. The lowest BCUT2D eigenvalue weighted by Gasteiger charge is -2.43. The van der Waals surface area contributed by atoms with Crippen molar-refractivity contribution in [2.45, 2.75) is 31.0 Å². The molecule has 0 bridgehead atoms. The predicted molar refractivity (Wildman–Crippen MR) is 78.8 cm³/mol. The quantitative estimate of drug-likeness (QED) is 0.882. The van der Waals surface area contributed by atoms with Gasteiger partial charge in [0.1, 0.15) is 5.75 Å². The predicted octanol–water partition coefficient (Wildman–Crippen LogP) is 1.61. The highest BCUT2D eigenvalue weighted by molar-refractivity contribution is 5.33. The molecule has 1 saturated carbocycles. The van der Waals surface area contributed by atoms with E-state index >= 15 is 0 Å². The summed E-state index contributed by atoms with van der Waals surface area (Å²) in [6.45, 7) is -6.08. The lowest BCUT2D eigenvalue weighted by Crippen LogP contribution is -2.46. The van der Waals surface area contributed by atoms with E-state index in [-0.39, 0.29) is 12.8 Å². The van der Waals surface area contributed by atoms with Crippen LogP contribution in [-0.4, -0.2) is 48.8 Å². The van der Waals surface area contributed by atoms with Gasteiger partial charge >= 0.3 is 0 Å². The summed E-state index contributed by atoms with van der Waals surface area (Å²) in [6.07, 6.45) is -0.0785. The van der Waals surface area contributed by atoms with Gasteiger partial charge in [-0.3, -0.25) is 0 Å². The number of aliphatic hydroxyl groups is 2. The molecule has 0 aromatic heterocycles. The second kappa shape index (κ2) is 6.12. The zero-order valence-corrected chi connectivity index (χ0v) is 11.5. The molecule has 0 aliphatic heterocycles. The molecule has 0 radical (unpaired) electrons. The molecule has 1 aliphatic carbocycles. The molecule has 112 valence electrons. The van der Waals surface area contributed by atoms with Crippen LogP contribution in [0.15, 0.2) is 24.3 Å². The zero-order chi connectivity index (χ0) is 19.8. The minimum Gasteiger partial charge on any atom is -0.497 e. The Hall–Kier alpha value is -1.10. The van der Waals surface area contributed by atoms with Gasteiger partial charge in [0, 0.05) is 20.7 Å². The molecule has 1 aromatic rings. The second-order valence-corrected chi connectivity index (χ2v) is 5.39. The lowest BCUT2D eigenvalue weighted by atomic mass is 9.70. The third-order valence-corrected chi connectivity index (χ3v) is 4.06. The molecule has 20 heavy (non-hydrogen) atoms. The van der Waals surface area contributed by atoms with Gasteiger partial charge in [0.05, 0.1) is 18.8 Å². The van der Waals surface area contributed by atoms with Gasteiger partial charge in [-0.2, -0.15) is 0 Å². The van der Waals surface area contributed by atoms with Crippen molar-refractivity contribution in [1.82, 2.24) is 4.90 Å². The van der Waals surface area contributed by atoms with Crippen LogP contribution in [0, 0.1) is 5.92 Å². The van der Waals surface area contributed by atoms with Crippen LogP contribution in [0.1, 0.15) is 33.1 Å². The number of nitrogens with zero attached hydrogens (tertiary/aromatic N) is 1. The third kappa shape index (κ3) is 3.14. The maximum atomic E-state index is 11.4. The summed E-state index contributed by atoms with van der Waals surface area (Å²) < 4.78 is 50.5. The summed E-state index contributed by atoms with van der Waals surface area (Å²) in [5, 5.41) is 21.4. The van der Waals surface area contributed by atoms with Gasteiger partial charge in [0.2, 0.25) is 0 Å². The standard InChI is InChI=1S/C16H25NO3/c1-17(2)11-13-9-14(18)7-8-16(13,19)12-5-4-6-15(10-12)20-3/h4-6,10,13-14,18-19H,7-9,11H2,1-3H3/t13-,14+,16+/m1/s1/i1D3,2D3. The van der Waals surface area contributed by atoms with Crippen molar-refractivity contribution in [3.63, 3.8) is 0 Å². The van der Waals surface area contributed by atoms with Crippen molar-refractivity contribution in [3.8, 4) is 5.75 Å². The molecule has 3 atom stereocenters. The Labute approximate surface area is 129 Å². The SMILES string of the molecule is [2H]C([2H])([2H])N(C[C@H]1C[C@@H](O)CC[C@]1(O)c1cccc(OC)c1)C([2H])([2H])[2H]. The number of hydrogen-bond donors (Lipinski definition) is 2. The van der Waals surface area contributed by atoms with Gasteiger partial charge in [-0.1, -0.05) is 12.1 Å². The molecule has 4 heteroatoms. The van der Waals surface area contributed by atoms with E-state index in [0.29, 0.717) is 22.6 Å². The number of hydrogen-bond acceptors (Lipinski definition) is 4. The first-order chi connectivity index (χ1) is 11.9. The lowest BCUT2D eigenvalue weighted by molar-refractivity contribution is -0.0921. The van der Waals surface area contributed by atoms with Crippen molar-refractivity contribution in [2.24, 2.45) is 5.92 Å². The van der Waals surface area contributed by atoms with Crippen LogP contribution in [0.5, 0.6) is 5.75 Å². The normalized spacial score (nSPS) is 36.2. The van der Waals surface area contributed by atoms with E-state index in [2.05, 4.69) is 0 Å². The minimum atomic E-state index is -2.84. The van der Waals surface area contributed by atoms with Crippen LogP contribution >= 0.6 is 0 Å². The number of methoxy groups -OCH3 is 1. The van der Waals surface area contributed by atoms with E-state index in [0.717, 1.165) is 0 Å². The van der Waals surface area contributed by atoms with Gasteiger partial charge in [-0.05, 0) is 50.9 Å².